The molecule has 7 heteroatoms. The molecule has 2 aromatic carbocycles. The van der Waals surface area contributed by atoms with Crippen LogP contribution in [0.4, 0.5) is 11.4 Å². The van der Waals surface area contributed by atoms with Gasteiger partial charge in [0.15, 0.2) is 0 Å². The second-order valence-electron chi connectivity index (χ2n) is 3.55. The van der Waals surface area contributed by atoms with Crippen molar-refractivity contribution >= 4 is 46.5 Å². The zero-order valence-electron chi connectivity index (χ0n) is 9.47. The zero-order chi connectivity index (χ0) is 13.8. The van der Waals surface area contributed by atoms with Crippen LogP contribution < -0.4 is 4.72 Å². The molecule has 0 unspecified atom stereocenters. The summed E-state index contributed by atoms with van der Waals surface area (Å²) >= 11 is 12.9. The molecule has 98 valence electrons. The average Bonchev–Trinajstić information content (AvgIpc) is 2.38. The van der Waals surface area contributed by atoms with Gasteiger partial charge in [0.25, 0.3) is 5.69 Å². The van der Waals surface area contributed by atoms with E-state index >= 15 is 0 Å². The molecule has 4 nitrogen and oxygen atoms in total. The number of hydrogen-bond acceptors (Lipinski definition) is 4. The minimum atomic E-state index is -0.423. The second-order valence-corrected chi connectivity index (χ2v) is 5.24. The van der Waals surface area contributed by atoms with Crippen molar-refractivity contribution in [2.24, 2.45) is 0 Å². The SMILES string of the molecule is O=[N+]([O-])c1ccccc1SNc1ccc(Cl)cc1Cl. The normalized spacial score (nSPS) is 10.2. The molecule has 2 rings (SSSR count). The van der Waals surface area contributed by atoms with Gasteiger partial charge < -0.3 is 4.72 Å². The van der Waals surface area contributed by atoms with E-state index in [0.717, 1.165) is 11.9 Å². The topological polar surface area (TPSA) is 55.2 Å². The Morgan fingerprint density at radius 1 is 1.16 bits per heavy atom. The van der Waals surface area contributed by atoms with Crippen LogP contribution in [0, 0.1) is 10.1 Å². The highest BCUT2D eigenvalue weighted by Gasteiger charge is 2.13. The van der Waals surface area contributed by atoms with Crippen LogP contribution in [0.5, 0.6) is 0 Å². The maximum absolute atomic E-state index is 10.9. The lowest BCUT2D eigenvalue weighted by atomic mass is 10.3. The number of hydrogen-bond donors (Lipinski definition) is 1. The first-order valence-corrected chi connectivity index (χ1v) is 6.76. The third-order valence-corrected chi connectivity index (χ3v) is 3.70. The predicted molar refractivity (Wildman–Crippen MR) is 79.0 cm³/mol. The van der Waals surface area contributed by atoms with Gasteiger partial charge in [-0.25, -0.2) is 0 Å². The maximum Gasteiger partial charge on any atom is 0.284 e. The lowest BCUT2D eigenvalue weighted by Gasteiger charge is -2.07. The summed E-state index contributed by atoms with van der Waals surface area (Å²) in [5.41, 5.74) is 0.694. The van der Waals surface area contributed by atoms with Gasteiger partial charge in [0.05, 0.1) is 15.6 Å². The number of nitrogens with zero attached hydrogens (tertiary/aromatic N) is 1. The molecule has 0 atom stereocenters. The summed E-state index contributed by atoms with van der Waals surface area (Å²) in [7, 11) is 0. The van der Waals surface area contributed by atoms with E-state index in [-0.39, 0.29) is 5.69 Å². The van der Waals surface area contributed by atoms with Crippen LogP contribution in [0.2, 0.25) is 10.0 Å². The van der Waals surface area contributed by atoms with Crippen molar-refractivity contribution in [1.29, 1.82) is 0 Å². The van der Waals surface area contributed by atoms with Crippen molar-refractivity contribution in [2.45, 2.75) is 4.90 Å². The molecule has 0 aromatic heterocycles. The van der Waals surface area contributed by atoms with Gasteiger partial charge in [0, 0.05) is 11.1 Å². The van der Waals surface area contributed by atoms with Crippen LogP contribution in [-0.4, -0.2) is 4.92 Å². The van der Waals surface area contributed by atoms with Crippen LogP contribution in [0.15, 0.2) is 47.4 Å². The van der Waals surface area contributed by atoms with Crippen LogP contribution in [0.1, 0.15) is 0 Å². The van der Waals surface area contributed by atoms with Gasteiger partial charge in [-0.2, -0.15) is 0 Å². The molecule has 1 N–H and O–H groups in total. The maximum atomic E-state index is 10.9. The summed E-state index contributed by atoms with van der Waals surface area (Å²) in [6.07, 6.45) is 0. The summed E-state index contributed by atoms with van der Waals surface area (Å²) in [6, 6.07) is 11.5. The van der Waals surface area contributed by atoms with Crippen LogP contribution in [-0.2, 0) is 0 Å². The van der Waals surface area contributed by atoms with Gasteiger partial charge in [-0.3, -0.25) is 10.1 Å². The number of nitro benzene ring substituents is 1. The fourth-order valence-corrected chi connectivity index (χ4v) is 2.68. The Hall–Kier alpha value is -1.43. The number of benzene rings is 2. The Morgan fingerprint density at radius 2 is 1.89 bits per heavy atom. The Bertz CT molecular complexity index is 622. The van der Waals surface area contributed by atoms with Crippen LogP contribution in [0.3, 0.4) is 0 Å². The molecule has 19 heavy (non-hydrogen) atoms. The van der Waals surface area contributed by atoms with E-state index < -0.39 is 4.92 Å². The summed E-state index contributed by atoms with van der Waals surface area (Å²) < 4.78 is 2.97. The van der Waals surface area contributed by atoms with E-state index in [1.54, 1.807) is 36.4 Å². The molecule has 0 aliphatic rings. The van der Waals surface area contributed by atoms with Crippen LogP contribution in [0.25, 0.3) is 0 Å². The first-order chi connectivity index (χ1) is 9.08. The summed E-state index contributed by atoms with van der Waals surface area (Å²) in [5, 5.41) is 11.9. The Balaban J connectivity index is 2.17. The van der Waals surface area contributed by atoms with Crippen molar-refractivity contribution in [1.82, 2.24) is 0 Å². The predicted octanol–water partition coefficient (Wildman–Crippen LogP) is 5.02. The smallest absolute Gasteiger partial charge is 0.284 e. The Labute approximate surface area is 124 Å². The number of anilines is 1. The molecule has 0 aliphatic carbocycles. The minimum Gasteiger partial charge on any atom is -0.324 e. The summed E-state index contributed by atoms with van der Waals surface area (Å²) in [4.78, 5) is 11.0. The molecule has 0 fully saturated rings. The van der Waals surface area contributed by atoms with E-state index in [1.165, 1.54) is 6.07 Å². The number of para-hydroxylation sites is 1. The van der Waals surface area contributed by atoms with Crippen molar-refractivity contribution in [3.05, 3.63) is 62.6 Å². The Kier molecular flexibility index (Phi) is 4.52. The highest BCUT2D eigenvalue weighted by molar-refractivity contribution is 8.00. The number of rotatable bonds is 4. The van der Waals surface area contributed by atoms with Gasteiger partial charge in [-0.1, -0.05) is 35.3 Å². The fraction of sp³-hybridized carbons (Fsp3) is 0. The van der Waals surface area contributed by atoms with Gasteiger partial charge in [0.1, 0.15) is 4.90 Å². The zero-order valence-corrected chi connectivity index (χ0v) is 11.8. The van der Waals surface area contributed by atoms with Crippen molar-refractivity contribution in [2.75, 3.05) is 4.72 Å². The monoisotopic (exact) mass is 314 g/mol. The van der Waals surface area contributed by atoms with Crippen LogP contribution >= 0.6 is 35.1 Å². The molecule has 0 saturated heterocycles. The number of halogens is 2. The van der Waals surface area contributed by atoms with E-state index in [4.69, 9.17) is 23.2 Å². The second kappa shape index (κ2) is 6.14. The van der Waals surface area contributed by atoms with E-state index in [1.807, 2.05) is 0 Å². The molecule has 0 heterocycles. The third kappa shape index (κ3) is 3.53. The van der Waals surface area contributed by atoms with Gasteiger partial charge in [-0.05, 0) is 36.2 Å². The third-order valence-electron chi connectivity index (χ3n) is 2.26. The number of nitro groups is 1. The van der Waals surface area contributed by atoms with Gasteiger partial charge in [-0.15, -0.1) is 0 Å². The quantitative estimate of drug-likeness (QED) is 0.489. The Morgan fingerprint density at radius 3 is 2.58 bits per heavy atom. The fourth-order valence-electron chi connectivity index (χ4n) is 1.38. The highest BCUT2D eigenvalue weighted by Crippen LogP contribution is 2.33. The molecule has 0 aliphatic heterocycles. The van der Waals surface area contributed by atoms with Gasteiger partial charge in [0.2, 0.25) is 0 Å². The summed E-state index contributed by atoms with van der Waals surface area (Å²) in [5.74, 6) is 0. The molecule has 0 bridgehead atoms. The molecule has 2 aromatic rings. The molecule has 0 saturated carbocycles. The standard InChI is InChI=1S/C12H8Cl2N2O2S/c13-8-5-6-10(9(14)7-8)15-19-12-4-2-1-3-11(12)16(17)18/h1-7,15H. The molecule has 0 amide bonds. The van der Waals surface area contributed by atoms with Gasteiger partial charge >= 0.3 is 0 Å². The van der Waals surface area contributed by atoms with E-state index in [9.17, 15) is 10.1 Å². The lowest BCUT2D eigenvalue weighted by molar-refractivity contribution is -0.387. The molecular weight excluding hydrogens is 307 g/mol. The van der Waals surface area contributed by atoms with E-state index in [2.05, 4.69) is 4.72 Å². The van der Waals surface area contributed by atoms with Crippen molar-refractivity contribution in [3.63, 3.8) is 0 Å². The summed E-state index contributed by atoms with van der Waals surface area (Å²) in [6.45, 7) is 0. The largest absolute Gasteiger partial charge is 0.324 e. The van der Waals surface area contributed by atoms with Crippen molar-refractivity contribution in [3.8, 4) is 0 Å². The van der Waals surface area contributed by atoms with E-state index in [0.29, 0.717) is 20.6 Å². The molecular formula is C12H8Cl2N2O2S. The molecule has 0 spiro atoms. The lowest BCUT2D eigenvalue weighted by Crippen LogP contribution is -1.93. The average molecular weight is 315 g/mol. The van der Waals surface area contributed by atoms with Crippen molar-refractivity contribution < 1.29 is 4.92 Å². The first-order valence-electron chi connectivity index (χ1n) is 5.19. The number of nitrogens with one attached hydrogen (secondary N) is 1. The highest BCUT2D eigenvalue weighted by atomic mass is 35.5. The first kappa shape index (κ1) is 14.0. The minimum absolute atomic E-state index is 0.0464. The molecule has 0 radical (unpaired) electrons.